The molecule has 4 nitrogen and oxygen atoms in total. The fourth-order valence-electron chi connectivity index (χ4n) is 1.71. The van der Waals surface area contributed by atoms with Crippen LogP contribution in [0, 0.1) is 0 Å². The maximum atomic E-state index is 12.1. The summed E-state index contributed by atoms with van der Waals surface area (Å²) in [5.74, 6) is -1.46. The molecular formula is C13H15BrClNO3. The minimum absolute atomic E-state index is 0.319. The average molecular weight is 349 g/mol. The van der Waals surface area contributed by atoms with Crippen LogP contribution in [0.25, 0.3) is 0 Å². The normalized spacial score (nSPS) is 11.2. The molecule has 0 saturated carbocycles. The van der Waals surface area contributed by atoms with Gasteiger partial charge in [-0.15, -0.1) is 0 Å². The molecule has 0 aromatic heterocycles. The lowest BCUT2D eigenvalue weighted by Crippen LogP contribution is -2.53. The Labute approximate surface area is 125 Å². The predicted molar refractivity (Wildman–Crippen MR) is 77.6 cm³/mol. The quantitative estimate of drug-likeness (QED) is 0.856. The summed E-state index contributed by atoms with van der Waals surface area (Å²) in [7, 11) is 0. The van der Waals surface area contributed by atoms with Crippen molar-refractivity contribution in [3.8, 4) is 0 Å². The number of aliphatic carboxylic acids is 1. The maximum absolute atomic E-state index is 12.1. The number of halogens is 2. The van der Waals surface area contributed by atoms with Crippen LogP contribution in [-0.2, 0) is 4.79 Å². The minimum Gasteiger partial charge on any atom is -0.480 e. The summed E-state index contributed by atoms with van der Waals surface area (Å²) in [6, 6.07) is 4.71. The van der Waals surface area contributed by atoms with Crippen molar-refractivity contribution in [1.29, 1.82) is 0 Å². The van der Waals surface area contributed by atoms with Crippen LogP contribution in [0.15, 0.2) is 22.7 Å². The van der Waals surface area contributed by atoms with Gasteiger partial charge in [0.1, 0.15) is 5.54 Å². The molecule has 1 aromatic rings. The van der Waals surface area contributed by atoms with Gasteiger partial charge in [-0.05, 0) is 47.0 Å². The summed E-state index contributed by atoms with van der Waals surface area (Å²) >= 11 is 9.08. The monoisotopic (exact) mass is 347 g/mol. The third-order valence-electron chi connectivity index (χ3n) is 3.15. The van der Waals surface area contributed by atoms with Crippen molar-refractivity contribution in [2.45, 2.75) is 32.2 Å². The molecule has 0 saturated heterocycles. The molecule has 0 spiro atoms. The van der Waals surface area contributed by atoms with E-state index in [0.717, 1.165) is 0 Å². The molecule has 1 rings (SSSR count). The van der Waals surface area contributed by atoms with E-state index in [1.807, 2.05) is 0 Å². The number of carbonyl (C=O) groups excluding carboxylic acids is 1. The molecule has 104 valence electrons. The van der Waals surface area contributed by atoms with Crippen LogP contribution in [0.5, 0.6) is 0 Å². The van der Waals surface area contributed by atoms with Crippen molar-refractivity contribution in [3.63, 3.8) is 0 Å². The first-order valence-corrected chi connectivity index (χ1v) is 7.04. The Balaban J connectivity index is 3.00. The third-order valence-corrected chi connectivity index (χ3v) is 4.37. The van der Waals surface area contributed by atoms with E-state index in [-0.39, 0.29) is 0 Å². The van der Waals surface area contributed by atoms with Gasteiger partial charge < -0.3 is 10.4 Å². The van der Waals surface area contributed by atoms with Gasteiger partial charge in [0.05, 0.1) is 5.02 Å². The Bertz CT molecular complexity index is 501. The lowest BCUT2D eigenvalue weighted by molar-refractivity contribution is -0.144. The first-order chi connectivity index (χ1) is 8.86. The van der Waals surface area contributed by atoms with E-state index in [1.165, 1.54) is 0 Å². The van der Waals surface area contributed by atoms with Gasteiger partial charge in [0.2, 0.25) is 0 Å². The number of benzene rings is 1. The summed E-state index contributed by atoms with van der Waals surface area (Å²) in [6.45, 7) is 3.46. The fraction of sp³-hybridized carbons (Fsp3) is 0.385. The fourth-order valence-corrected chi connectivity index (χ4v) is 2.21. The van der Waals surface area contributed by atoms with Crippen molar-refractivity contribution in [3.05, 3.63) is 33.3 Å². The molecule has 0 atom stereocenters. The van der Waals surface area contributed by atoms with Crippen LogP contribution >= 0.6 is 27.5 Å². The second-order valence-corrected chi connectivity index (χ2v) is 5.44. The molecule has 0 aliphatic carbocycles. The zero-order valence-electron chi connectivity index (χ0n) is 10.7. The van der Waals surface area contributed by atoms with Crippen LogP contribution in [-0.4, -0.2) is 22.5 Å². The van der Waals surface area contributed by atoms with E-state index in [9.17, 15) is 14.7 Å². The van der Waals surface area contributed by atoms with Gasteiger partial charge in [0, 0.05) is 10.0 Å². The number of hydrogen-bond donors (Lipinski definition) is 2. The molecule has 0 aliphatic rings. The van der Waals surface area contributed by atoms with E-state index < -0.39 is 17.4 Å². The molecule has 0 heterocycles. The highest BCUT2D eigenvalue weighted by atomic mass is 79.9. The minimum atomic E-state index is -1.23. The molecule has 19 heavy (non-hydrogen) atoms. The van der Waals surface area contributed by atoms with Gasteiger partial charge in [-0.2, -0.15) is 0 Å². The zero-order chi connectivity index (χ0) is 14.6. The average Bonchev–Trinajstić information content (AvgIpc) is 2.38. The molecule has 0 fully saturated rings. The molecule has 1 aromatic carbocycles. The van der Waals surface area contributed by atoms with Crippen LogP contribution in [0.4, 0.5) is 0 Å². The summed E-state index contributed by atoms with van der Waals surface area (Å²) in [5, 5.41) is 12.4. The number of carboxylic acid groups (broad SMARTS) is 1. The number of nitrogens with one attached hydrogen (secondary N) is 1. The molecule has 0 bridgehead atoms. The van der Waals surface area contributed by atoms with Gasteiger partial charge in [0.25, 0.3) is 5.91 Å². The Morgan fingerprint density at radius 3 is 2.37 bits per heavy atom. The first kappa shape index (κ1) is 16.0. The van der Waals surface area contributed by atoms with Crippen LogP contribution in [0.3, 0.4) is 0 Å². The number of carboxylic acids is 1. The summed E-state index contributed by atoms with van der Waals surface area (Å²) in [4.78, 5) is 23.4. The molecule has 2 N–H and O–H groups in total. The Hall–Kier alpha value is -1.07. The molecule has 1 amide bonds. The highest BCUT2D eigenvalue weighted by Gasteiger charge is 2.36. The Morgan fingerprint density at radius 1 is 1.37 bits per heavy atom. The topological polar surface area (TPSA) is 66.4 Å². The van der Waals surface area contributed by atoms with E-state index in [0.29, 0.717) is 27.9 Å². The summed E-state index contributed by atoms with van der Waals surface area (Å²) < 4.78 is 0.593. The van der Waals surface area contributed by atoms with Gasteiger partial charge in [0.15, 0.2) is 0 Å². The van der Waals surface area contributed by atoms with E-state index in [2.05, 4.69) is 21.2 Å². The molecular weight excluding hydrogens is 334 g/mol. The van der Waals surface area contributed by atoms with E-state index in [1.54, 1.807) is 32.0 Å². The Morgan fingerprint density at radius 2 is 1.95 bits per heavy atom. The number of carbonyl (C=O) groups is 2. The second kappa shape index (κ2) is 6.39. The van der Waals surface area contributed by atoms with E-state index >= 15 is 0 Å². The van der Waals surface area contributed by atoms with Crippen LogP contribution in [0.1, 0.15) is 37.0 Å². The summed E-state index contributed by atoms with van der Waals surface area (Å²) in [6.07, 6.45) is 0.638. The Kier molecular flexibility index (Phi) is 5.38. The van der Waals surface area contributed by atoms with Crippen LogP contribution in [0.2, 0.25) is 5.02 Å². The lowest BCUT2D eigenvalue weighted by atomic mass is 9.92. The van der Waals surface area contributed by atoms with Crippen molar-refractivity contribution in [1.82, 2.24) is 5.32 Å². The molecule has 6 heteroatoms. The maximum Gasteiger partial charge on any atom is 0.329 e. The zero-order valence-corrected chi connectivity index (χ0v) is 13.0. The number of rotatable bonds is 5. The van der Waals surface area contributed by atoms with Crippen molar-refractivity contribution in [2.24, 2.45) is 0 Å². The van der Waals surface area contributed by atoms with Gasteiger partial charge >= 0.3 is 5.97 Å². The van der Waals surface area contributed by atoms with E-state index in [4.69, 9.17) is 11.6 Å². The van der Waals surface area contributed by atoms with Gasteiger partial charge in [-0.1, -0.05) is 25.4 Å². The standard InChI is InChI=1S/C13H15BrClNO3/c1-3-13(4-2,12(18)19)16-11(17)8-5-6-10(15)9(14)7-8/h5-7H,3-4H2,1-2H3,(H,16,17)(H,18,19). The number of hydrogen-bond acceptors (Lipinski definition) is 2. The van der Waals surface area contributed by atoms with Gasteiger partial charge in [-0.25, -0.2) is 4.79 Å². The highest BCUT2D eigenvalue weighted by Crippen LogP contribution is 2.24. The van der Waals surface area contributed by atoms with Crippen molar-refractivity contribution >= 4 is 39.4 Å². The lowest BCUT2D eigenvalue weighted by Gasteiger charge is -2.28. The summed E-state index contributed by atoms with van der Waals surface area (Å²) in [5.41, 5.74) is -0.868. The third kappa shape index (κ3) is 3.48. The van der Waals surface area contributed by atoms with Crippen molar-refractivity contribution < 1.29 is 14.7 Å². The molecule has 0 radical (unpaired) electrons. The molecule has 0 unspecified atom stereocenters. The molecule has 0 aliphatic heterocycles. The second-order valence-electron chi connectivity index (χ2n) is 4.18. The predicted octanol–water partition coefficient (Wildman–Crippen LogP) is 3.48. The largest absolute Gasteiger partial charge is 0.480 e. The van der Waals surface area contributed by atoms with Gasteiger partial charge in [-0.3, -0.25) is 4.79 Å². The highest BCUT2D eigenvalue weighted by molar-refractivity contribution is 9.10. The van der Waals surface area contributed by atoms with Crippen LogP contribution < -0.4 is 5.32 Å². The van der Waals surface area contributed by atoms with Crippen molar-refractivity contribution in [2.75, 3.05) is 0 Å². The smallest absolute Gasteiger partial charge is 0.329 e. The first-order valence-electron chi connectivity index (χ1n) is 5.87. The number of amides is 1. The SMILES string of the molecule is CCC(CC)(NC(=O)c1ccc(Cl)c(Br)c1)C(=O)O.